The summed E-state index contributed by atoms with van der Waals surface area (Å²) in [6.45, 7) is 1.00. The van der Waals surface area contributed by atoms with E-state index in [0.29, 0.717) is 0 Å². The fourth-order valence-corrected chi connectivity index (χ4v) is 0.964. The van der Waals surface area contributed by atoms with Gasteiger partial charge < -0.3 is 20.2 Å². The average molecular weight is 217 g/mol. The van der Waals surface area contributed by atoms with E-state index < -0.39 is 32.1 Å². The Hall–Kier alpha value is -2.59. The molecule has 1 aromatic heterocycles. The highest BCUT2D eigenvalue weighted by Crippen LogP contribution is 2.28. The van der Waals surface area contributed by atoms with E-state index in [1.54, 1.807) is 0 Å². The quantitative estimate of drug-likeness (QED) is 0.512. The molecule has 0 aliphatic rings. The lowest BCUT2D eigenvalue weighted by atomic mass is 10.4. The molecule has 11 heteroatoms. The van der Waals surface area contributed by atoms with Crippen LogP contribution in [0.2, 0.25) is 0 Å². The predicted octanol–water partition coefficient (Wildman–Crippen LogP) is 0.0477. The molecule has 80 valence electrons. The van der Waals surface area contributed by atoms with Gasteiger partial charge in [0, 0.05) is 4.79 Å². The maximum Gasteiger partial charge on any atom is 0.472 e. The molecule has 0 aliphatic carbocycles. The highest BCUT2D eigenvalue weighted by molar-refractivity contribution is 5.50. The Morgan fingerprint density at radius 2 is 1.67 bits per heavy atom. The van der Waals surface area contributed by atoms with Crippen LogP contribution >= 0.6 is 0 Å². The van der Waals surface area contributed by atoms with E-state index in [0.717, 1.165) is 6.92 Å². The van der Waals surface area contributed by atoms with Gasteiger partial charge in [-0.05, 0) is 11.8 Å². The van der Waals surface area contributed by atoms with Gasteiger partial charge in [0.15, 0.2) is 5.69 Å². The van der Waals surface area contributed by atoms with Crippen molar-refractivity contribution in [3.63, 3.8) is 0 Å². The van der Waals surface area contributed by atoms with Crippen molar-refractivity contribution in [3.8, 4) is 0 Å². The molecule has 0 spiro atoms. The average Bonchev–Trinajstić information content (AvgIpc) is 2.42. The molecule has 0 unspecified atom stereocenters. The highest BCUT2D eigenvalue weighted by atomic mass is 16.7. The minimum Gasteiger partial charge on any atom is -0.358 e. The van der Waals surface area contributed by atoms with Gasteiger partial charge in [0.2, 0.25) is 0 Å². The van der Waals surface area contributed by atoms with Crippen LogP contribution in [0.1, 0.15) is 5.69 Å². The minimum absolute atomic E-state index is 0.00370. The highest BCUT2D eigenvalue weighted by Gasteiger charge is 2.37. The second-order valence-corrected chi connectivity index (χ2v) is 2.40. The number of hydrogen-bond donors (Lipinski definition) is 0. The van der Waals surface area contributed by atoms with Gasteiger partial charge in [-0.25, -0.2) is 0 Å². The summed E-state index contributed by atoms with van der Waals surface area (Å²) in [6.07, 6.45) is 0. The van der Waals surface area contributed by atoms with Crippen LogP contribution in [0.5, 0.6) is 0 Å². The molecule has 0 aliphatic heterocycles. The van der Waals surface area contributed by atoms with Gasteiger partial charge in [-0.3, -0.25) is 10.1 Å². The lowest BCUT2D eigenvalue weighted by Crippen LogP contribution is -2.12. The maximum atomic E-state index is 10.4. The molecule has 0 saturated carbocycles. The van der Waals surface area contributed by atoms with Gasteiger partial charge in [-0.1, -0.05) is 0 Å². The first-order valence-corrected chi connectivity index (χ1v) is 3.39. The number of aromatic nitrogens is 2. The van der Waals surface area contributed by atoms with Gasteiger partial charge in [-0.2, -0.15) is 0 Å². The van der Waals surface area contributed by atoms with E-state index in [1.165, 1.54) is 0 Å². The normalized spacial score (nSPS) is 9.93. The summed E-state index contributed by atoms with van der Waals surface area (Å²) in [5, 5.41) is 32.8. The van der Waals surface area contributed by atoms with Crippen molar-refractivity contribution >= 4 is 11.5 Å². The van der Waals surface area contributed by atoms with Crippen molar-refractivity contribution in [1.29, 1.82) is 0 Å². The summed E-state index contributed by atoms with van der Waals surface area (Å²) in [5.41, 5.74) is -1.48. The zero-order valence-corrected chi connectivity index (χ0v) is 7.19. The molecule has 0 atom stereocenters. The summed E-state index contributed by atoms with van der Waals surface area (Å²) in [5.74, 6) is -1.14. The number of rotatable bonds is 3. The summed E-state index contributed by atoms with van der Waals surface area (Å²) in [6, 6.07) is 0. The Kier molecular flexibility index (Phi) is 2.30. The fraction of sp³-hybridized carbons (Fsp3) is 0.250. The van der Waals surface area contributed by atoms with Crippen LogP contribution in [0.25, 0.3) is 0 Å². The van der Waals surface area contributed by atoms with Crippen molar-refractivity contribution in [2.45, 2.75) is 6.92 Å². The molecule has 0 amide bonds. The largest absolute Gasteiger partial charge is 0.472 e. The van der Waals surface area contributed by atoms with Crippen LogP contribution in [0.15, 0.2) is 0 Å². The van der Waals surface area contributed by atoms with Crippen molar-refractivity contribution in [3.05, 3.63) is 36.0 Å². The van der Waals surface area contributed by atoms with Crippen molar-refractivity contribution in [1.82, 2.24) is 9.89 Å². The van der Waals surface area contributed by atoms with E-state index in [4.69, 9.17) is 0 Å². The molecule has 1 aromatic rings. The van der Waals surface area contributed by atoms with E-state index in [2.05, 4.69) is 5.10 Å². The first-order chi connectivity index (χ1) is 6.86. The number of nitro groups is 3. The Morgan fingerprint density at radius 3 is 1.93 bits per heavy atom. The number of nitrogens with zero attached hydrogens (tertiary/aromatic N) is 5. The third kappa shape index (κ3) is 1.56. The Labute approximate surface area is 80.3 Å². The SMILES string of the molecule is Cc1c([N+](=O)[O-])c([N+](=O)[O-])nn1[N+](=O)[O-]. The second-order valence-electron chi connectivity index (χ2n) is 2.40. The Bertz CT molecular complexity index is 462. The summed E-state index contributed by atoms with van der Waals surface area (Å²) in [7, 11) is 0. The second kappa shape index (κ2) is 3.28. The lowest BCUT2D eigenvalue weighted by Gasteiger charge is -1.90. The number of hydrogen-bond acceptors (Lipinski definition) is 7. The Morgan fingerprint density at radius 1 is 1.13 bits per heavy atom. The fourth-order valence-electron chi connectivity index (χ4n) is 0.964. The smallest absolute Gasteiger partial charge is 0.358 e. The molecule has 0 N–H and O–H groups in total. The van der Waals surface area contributed by atoms with E-state index in [1.807, 2.05) is 0 Å². The van der Waals surface area contributed by atoms with Crippen molar-refractivity contribution < 1.29 is 14.9 Å². The third-order valence-corrected chi connectivity index (χ3v) is 1.55. The van der Waals surface area contributed by atoms with Crippen LogP contribution in [0, 0.1) is 37.3 Å². The van der Waals surface area contributed by atoms with Crippen LogP contribution in [0.3, 0.4) is 0 Å². The van der Waals surface area contributed by atoms with Crippen molar-refractivity contribution in [2.75, 3.05) is 0 Å². The van der Waals surface area contributed by atoms with Crippen LogP contribution < -0.4 is 0 Å². The minimum atomic E-state index is -1.15. The van der Waals surface area contributed by atoms with Gasteiger partial charge in [-0.15, -0.1) is 0 Å². The monoisotopic (exact) mass is 217 g/mol. The summed E-state index contributed by atoms with van der Waals surface area (Å²) < 4.78 is 0. The van der Waals surface area contributed by atoms with Gasteiger partial charge in [0.05, 0.1) is 9.96 Å². The zero-order valence-electron chi connectivity index (χ0n) is 7.19. The first kappa shape index (κ1) is 10.5. The summed E-state index contributed by atoms with van der Waals surface area (Å²) >= 11 is 0. The topological polar surface area (TPSA) is 147 Å². The van der Waals surface area contributed by atoms with Crippen LogP contribution in [-0.2, 0) is 0 Å². The third-order valence-electron chi connectivity index (χ3n) is 1.55. The predicted molar refractivity (Wildman–Crippen MR) is 42.7 cm³/mol. The lowest BCUT2D eigenvalue weighted by molar-refractivity contribution is -0.555. The first-order valence-electron chi connectivity index (χ1n) is 3.39. The molecular weight excluding hydrogens is 214 g/mol. The Balaban J connectivity index is 3.53. The maximum absolute atomic E-state index is 10.4. The van der Waals surface area contributed by atoms with E-state index >= 15 is 0 Å². The molecule has 1 rings (SSSR count). The van der Waals surface area contributed by atoms with Gasteiger partial charge >= 0.3 is 11.5 Å². The van der Waals surface area contributed by atoms with E-state index in [-0.39, 0.29) is 4.79 Å². The molecular formula is C4H3N5O6. The molecule has 0 aromatic carbocycles. The van der Waals surface area contributed by atoms with Crippen LogP contribution in [0.4, 0.5) is 11.5 Å². The molecule has 0 fully saturated rings. The standard InChI is InChI=1S/C4H3N5O6/c1-2-3(7(10)11)4(8(12)13)5-6(2)9(14)15/h1H3. The molecule has 1 heterocycles. The molecule has 0 radical (unpaired) electrons. The van der Waals surface area contributed by atoms with Crippen molar-refractivity contribution in [2.24, 2.45) is 0 Å². The van der Waals surface area contributed by atoms with Crippen LogP contribution in [-0.4, -0.2) is 24.8 Å². The molecule has 11 nitrogen and oxygen atoms in total. The van der Waals surface area contributed by atoms with Gasteiger partial charge in [0.1, 0.15) is 5.10 Å². The van der Waals surface area contributed by atoms with Gasteiger partial charge in [0.25, 0.3) is 0 Å². The molecule has 0 saturated heterocycles. The zero-order chi connectivity index (χ0) is 11.7. The van der Waals surface area contributed by atoms with E-state index in [9.17, 15) is 30.3 Å². The molecule has 15 heavy (non-hydrogen) atoms. The molecule has 0 bridgehead atoms. The summed E-state index contributed by atoms with van der Waals surface area (Å²) in [4.78, 5) is 28.8.